The molecular formula is C16H16BrFO. The van der Waals surface area contributed by atoms with Crippen LogP contribution in [0.1, 0.15) is 28.4 Å². The van der Waals surface area contributed by atoms with Gasteiger partial charge in [-0.05, 0) is 48.7 Å². The van der Waals surface area contributed by atoms with Crippen molar-refractivity contribution < 1.29 is 9.50 Å². The monoisotopic (exact) mass is 322 g/mol. The number of rotatable bonds is 3. The predicted molar refractivity (Wildman–Crippen MR) is 78.7 cm³/mol. The molecule has 0 aromatic heterocycles. The lowest BCUT2D eigenvalue weighted by atomic mass is 9.97. The summed E-state index contributed by atoms with van der Waals surface area (Å²) in [6.07, 6.45) is -0.212. The van der Waals surface area contributed by atoms with Crippen LogP contribution in [0.2, 0.25) is 0 Å². The van der Waals surface area contributed by atoms with Gasteiger partial charge in [0.1, 0.15) is 5.82 Å². The van der Waals surface area contributed by atoms with Crippen LogP contribution in [0.4, 0.5) is 4.39 Å². The summed E-state index contributed by atoms with van der Waals surface area (Å²) in [5.74, 6) is -0.343. The third kappa shape index (κ3) is 3.64. The van der Waals surface area contributed by atoms with E-state index in [1.807, 2.05) is 26.0 Å². The highest BCUT2D eigenvalue weighted by molar-refractivity contribution is 9.10. The molecule has 0 heterocycles. The normalized spacial score (nSPS) is 12.5. The Morgan fingerprint density at radius 1 is 1.16 bits per heavy atom. The SMILES string of the molecule is Cc1ccc(C)c(CC(O)c2cc(F)cc(Br)c2)c1. The lowest BCUT2D eigenvalue weighted by molar-refractivity contribution is 0.177. The van der Waals surface area contributed by atoms with Crippen LogP contribution in [0.15, 0.2) is 40.9 Å². The number of aliphatic hydroxyl groups excluding tert-OH is 1. The average molecular weight is 323 g/mol. The summed E-state index contributed by atoms with van der Waals surface area (Å²) in [6.45, 7) is 4.04. The lowest BCUT2D eigenvalue weighted by Crippen LogP contribution is -2.04. The Morgan fingerprint density at radius 3 is 2.58 bits per heavy atom. The van der Waals surface area contributed by atoms with Gasteiger partial charge in [0.15, 0.2) is 0 Å². The van der Waals surface area contributed by atoms with E-state index in [9.17, 15) is 9.50 Å². The lowest BCUT2D eigenvalue weighted by Gasteiger charge is -2.14. The summed E-state index contributed by atoms with van der Waals surface area (Å²) in [4.78, 5) is 0. The molecule has 0 bridgehead atoms. The van der Waals surface area contributed by atoms with E-state index < -0.39 is 6.10 Å². The van der Waals surface area contributed by atoms with Gasteiger partial charge in [-0.25, -0.2) is 4.39 Å². The molecule has 1 nitrogen and oxygen atoms in total. The summed E-state index contributed by atoms with van der Waals surface area (Å²) >= 11 is 3.24. The molecule has 1 atom stereocenters. The highest BCUT2D eigenvalue weighted by atomic mass is 79.9. The molecule has 0 fully saturated rings. The minimum absolute atomic E-state index is 0.343. The summed E-state index contributed by atoms with van der Waals surface area (Å²) in [5, 5.41) is 10.3. The fraction of sp³-hybridized carbons (Fsp3) is 0.250. The van der Waals surface area contributed by atoms with Gasteiger partial charge in [0.2, 0.25) is 0 Å². The van der Waals surface area contributed by atoms with Crippen molar-refractivity contribution in [1.29, 1.82) is 0 Å². The van der Waals surface area contributed by atoms with Crippen molar-refractivity contribution in [1.82, 2.24) is 0 Å². The van der Waals surface area contributed by atoms with E-state index in [2.05, 4.69) is 22.0 Å². The first-order valence-electron chi connectivity index (χ1n) is 6.16. The van der Waals surface area contributed by atoms with Crippen molar-refractivity contribution in [2.75, 3.05) is 0 Å². The van der Waals surface area contributed by atoms with Crippen LogP contribution in [-0.4, -0.2) is 5.11 Å². The molecule has 2 aromatic rings. The molecule has 19 heavy (non-hydrogen) atoms. The highest BCUT2D eigenvalue weighted by Crippen LogP contribution is 2.24. The van der Waals surface area contributed by atoms with Crippen LogP contribution in [0.5, 0.6) is 0 Å². The first-order chi connectivity index (χ1) is 8.95. The molecule has 0 saturated carbocycles. The first kappa shape index (κ1) is 14.2. The van der Waals surface area contributed by atoms with E-state index in [0.717, 1.165) is 16.7 Å². The minimum atomic E-state index is -0.701. The van der Waals surface area contributed by atoms with Crippen LogP contribution in [0.25, 0.3) is 0 Å². The van der Waals surface area contributed by atoms with Gasteiger partial charge in [-0.2, -0.15) is 0 Å². The number of aliphatic hydroxyl groups is 1. The molecule has 100 valence electrons. The summed E-state index contributed by atoms with van der Waals surface area (Å²) in [5.41, 5.74) is 3.98. The van der Waals surface area contributed by atoms with E-state index in [-0.39, 0.29) is 5.82 Å². The van der Waals surface area contributed by atoms with Crippen molar-refractivity contribution in [3.63, 3.8) is 0 Å². The molecule has 1 unspecified atom stereocenters. The van der Waals surface area contributed by atoms with Crippen molar-refractivity contribution in [3.8, 4) is 0 Å². The van der Waals surface area contributed by atoms with Crippen LogP contribution in [-0.2, 0) is 6.42 Å². The number of benzene rings is 2. The van der Waals surface area contributed by atoms with E-state index in [0.29, 0.717) is 16.5 Å². The van der Waals surface area contributed by atoms with E-state index >= 15 is 0 Å². The van der Waals surface area contributed by atoms with Crippen molar-refractivity contribution in [2.24, 2.45) is 0 Å². The van der Waals surface area contributed by atoms with Crippen molar-refractivity contribution >= 4 is 15.9 Å². The zero-order valence-electron chi connectivity index (χ0n) is 11.0. The van der Waals surface area contributed by atoms with Crippen molar-refractivity contribution in [2.45, 2.75) is 26.4 Å². The highest BCUT2D eigenvalue weighted by Gasteiger charge is 2.12. The molecular weight excluding hydrogens is 307 g/mol. The summed E-state index contributed by atoms with van der Waals surface area (Å²) < 4.78 is 14.0. The Labute approximate surface area is 121 Å². The fourth-order valence-electron chi connectivity index (χ4n) is 2.11. The number of halogens is 2. The second kappa shape index (κ2) is 5.85. The van der Waals surface area contributed by atoms with Gasteiger partial charge in [-0.1, -0.05) is 39.7 Å². The Kier molecular flexibility index (Phi) is 4.38. The van der Waals surface area contributed by atoms with Gasteiger partial charge in [-0.3, -0.25) is 0 Å². The molecule has 0 amide bonds. The maximum atomic E-state index is 13.3. The van der Waals surface area contributed by atoms with Crippen molar-refractivity contribution in [3.05, 3.63) is 68.9 Å². The zero-order chi connectivity index (χ0) is 14.0. The summed E-state index contributed by atoms with van der Waals surface area (Å²) in [7, 11) is 0. The third-order valence-corrected chi connectivity index (χ3v) is 3.65. The summed E-state index contributed by atoms with van der Waals surface area (Å²) in [6, 6.07) is 10.7. The molecule has 3 heteroatoms. The quantitative estimate of drug-likeness (QED) is 0.883. The molecule has 0 radical (unpaired) electrons. The van der Waals surface area contributed by atoms with Gasteiger partial charge in [0.05, 0.1) is 6.10 Å². The third-order valence-electron chi connectivity index (χ3n) is 3.19. The van der Waals surface area contributed by atoms with Gasteiger partial charge in [-0.15, -0.1) is 0 Å². The van der Waals surface area contributed by atoms with Crippen LogP contribution in [0.3, 0.4) is 0 Å². The molecule has 2 rings (SSSR count). The molecule has 0 spiro atoms. The number of aryl methyl sites for hydroxylation is 2. The van der Waals surface area contributed by atoms with Gasteiger partial charge < -0.3 is 5.11 Å². The Morgan fingerprint density at radius 2 is 1.89 bits per heavy atom. The standard InChI is InChI=1S/C16H16BrFO/c1-10-3-4-11(2)12(5-10)8-16(19)13-6-14(17)9-15(18)7-13/h3-7,9,16,19H,8H2,1-2H3. The molecule has 0 aliphatic rings. The fourth-order valence-corrected chi connectivity index (χ4v) is 2.60. The molecule has 0 aliphatic carbocycles. The molecule has 0 aliphatic heterocycles. The van der Waals surface area contributed by atoms with Gasteiger partial charge >= 0.3 is 0 Å². The van der Waals surface area contributed by atoms with E-state index in [1.165, 1.54) is 12.1 Å². The van der Waals surface area contributed by atoms with E-state index in [1.54, 1.807) is 6.07 Å². The largest absolute Gasteiger partial charge is 0.388 e. The van der Waals surface area contributed by atoms with Crippen LogP contribution in [0, 0.1) is 19.7 Å². The Bertz CT molecular complexity index is 575. The predicted octanol–water partition coefficient (Wildman–Crippen LogP) is 4.48. The second-order valence-corrected chi connectivity index (χ2v) is 5.77. The van der Waals surface area contributed by atoms with E-state index in [4.69, 9.17) is 0 Å². The second-order valence-electron chi connectivity index (χ2n) is 4.85. The zero-order valence-corrected chi connectivity index (χ0v) is 12.5. The van der Waals surface area contributed by atoms with Crippen LogP contribution >= 0.6 is 15.9 Å². The Hall–Kier alpha value is -1.19. The van der Waals surface area contributed by atoms with Gasteiger partial charge in [0, 0.05) is 10.9 Å². The smallest absolute Gasteiger partial charge is 0.124 e. The molecule has 2 aromatic carbocycles. The Balaban J connectivity index is 2.25. The molecule has 0 saturated heterocycles. The van der Waals surface area contributed by atoms with Crippen LogP contribution < -0.4 is 0 Å². The first-order valence-corrected chi connectivity index (χ1v) is 6.95. The molecule has 1 N–H and O–H groups in total. The minimum Gasteiger partial charge on any atom is -0.388 e. The number of hydrogen-bond acceptors (Lipinski definition) is 1. The number of hydrogen-bond donors (Lipinski definition) is 1. The topological polar surface area (TPSA) is 20.2 Å². The maximum absolute atomic E-state index is 13.3. The average Bonchev–Trinajstić information content (AvgIpc) is 2.32. The van der Waals surface area contributed by atoms with Gasteiger partial charge in [0.25, 0.3) is 0 Å². The maximum Gasteiger partial charge on any atom is 0.124 e.